The minimum atomic E-state index is 0.644. The molecule has 1 unspecified atom stereocenters. The van der Waals surface area contributed by atoms with Crippen molar-refractivity contribution in [3.05, 3.63) is 0 Å². The summed E-state index contributed by atoms with van der Waals surface area (Å²) in [5, 5.41) is 10.9. The van der Waals surface area contributed by atoms with E-state index in [2.05, 4.69) is 19.0 Å². The second-order valence-electron chi connectivity index (χ2n) is 2.05. The van der Waals surface area contributed by atoms with Gasteiger partial charge >= 0.3 is 0 Å². The summed E-state index contributed by atoms with van der Waals surface area (Å²) in [5.41, 5.74) is 0. The van der Waals surface area contributed by atoms with Crippen LogP contribution in [0.15, 0.2) is 5.16 Å². The fourth-order valence-electron chi connectivity index (χ4n) is 0.394. The van der Waals surface area contributed by atoms with Gasteiger partial charge in [-0.15, -0.1) is 5.16 Å². The third kappa shape index (κ3) is 3.65. The van der Waals surface area contributed by atoms with Gasteiger partial charge in [0.05, 0.1) is 0 Å². The molecule has 0 amide bonds. The summed E-state index contributed by atoms with van der Waals surface area (Å²) in [4.78, 5) is 0. The van der Waals surface area contributed by atoms with Crippen LogP contribution in [0.3, 0.4) is 0 Å². The summed E-state index contributed by atoms with van der Waals surface area (Å²) < 4.78 is 0. The molecule has 0 heterocycles. The molecule has 1 N–H and O–H groups in total. The van der Waals surface area contributed by atoms with E-state index in [9.17, 15) is 0 Å². The Hall–Kier alpha value is -0.530. The van der Waals surface area contributed by atoms with Crippen molar-refractivity contribution in [3.8, 4) is 0 Å². The molecule has 8 heavy (non-hydrogen) atoms. The second-order valence-corrected chi connectivity index (χ2v) is 2.05. The van der Waals surface area contributed by atoms with Gasteiger partial charge in [-0.05, 0) is 12.3 Å². The fraction of sp³-hybridized carbons (Fsp3) is 0.833. The van der Waals surface area contributed by atoms with Crippen LogP contribution in [0.4, 0.5) is 0 Å². The van der Waals surface area contributed by atoms with Crippen LogP contribution >= 0.6 is 0 Å². The van der Waals surface area contributed by atoms with E-state index in [4.69, 9.17) is 5.21 Å². The van der Waals surface area contributed by atoms with Crippen molar-refractivity contribution in [1.82, 2.24) is 0 Å². The number of hydrogen-bond donors (Lipinski definition) is 1. The zero-order valence-electron chi connectivity index (χ0n) is 5.46. The largest absolute Gasteiger partial charge is 0.411 e. The van der Waals surface area contributed by atoms with E-state index in [0.717, 1.165) is 12.8 Å². The summed E-state index contributed by atoms with van der Waals surface area (Å²) in [5.74, 6) is 0.644. The van der Waals surface area contributed by atoms with Gasteiger partial charge < -0.3 is 5.21 Å². The van der Waals surface area contributed by atoms with Gasteiger partial charge in [0.25, 0.3) is 0 Å². The highest BCUT2D eigenvalue weighted by molar-refractivity contribution is 5.56. The molecule has 0 bridgehead atoms. The lowest BCUT2D eigenvalue weighted by Gasteiger charge is -1.99. The molecular formula is C6H13NO. The summed E-state index contributed by atoms with van der Waals surface area (Å²) >= 11 is 0. The highest BCUT2D eigenvalue weighted by atomic mass is 16.4. The van der Waals surface area contributed by atoms with Gasteiger partial charge in [-0.3, -0.25) is 0 Å². The Kier molecular flexibility index (Phi) is 4.32. The minimum Gasteiger partial charge on any atom is -0.411 e. The van der Waals surface area contributed by atoms with Crippen molar-refractivity contribution >= 4 is 6.21 Å². The molecule has 0 aromatic heterocycles. The lowest BCUT2D eigenvalue weighted by Crippen LogP contribution is -1.91. The van der Waals surface area contributed by atoms with Crippen LogP contribution in [0.5, 0.6) is 0 Å². The van der Waals surface area contributed by atoms with E-state index in [0.29, 0.717) is 5.92 Å². The SMILES string of the molecule is CCC(C)C/C=N\O. The lowest BCUT2D eigenvalue weighted by molar-refractivity contribution is 0.319. The average molecular weight is 115 g/mol. The van der Waals surface area contributed by atoms with Crippen LogP contribution in [-0.4, -0.2) is 11.4 Å². The fourth-order valence-corrected chi connectivity index (χ4v) is 0.394. The van der Waals surface area contributed by atoms with Crippen LogP contribution in [0.1, 0.15) is 26.7 Å². The van der Waals surface area contributed by atoms with Gasteiger partial charge in [-0.2, -0.15) is 0 Å². The lowest BCUT2D eigenvalue weighted by atomic mass is 10.1. The van der Waals surface area contributed by atoms with Gasteiger partial charge in [-0.1, -0.05) is 20.3 Å². The van der Waals surface area contributed by atoms with E-state index >= 15 is 0 Å². The molecule has 0 radical (unpaired) electrons. The zero-order valence-corrected chi connectivity index (χ0v) is 5.46. The first-order chi connectivity index (χ1) is 3.81. The van der Waals surface area contributed by atoms with Crippen molar-refractivity contribution in [1.29, 1.82) is 0 Å². The molecule has 1 atom stereocenters. The minimum absolute atomic E-state index is 0.644. The Morgan fingerprint density at radius 2 is 2.38 bits per heavy atom. The molecular weight excluding hydrogens is 102 g/mol. The predicted octanol–water partition coefficient (Wildman–Crippen LogP) is 1.88. The number of oxime groups is 1. The van der Waals surface area contributed by atoms with E-state index < -0.39 is 0 Å². The summed E-state index contributed by atoms with van der Waals surface area (Å²) in [6.45, 7) is 4.25. The maximum absolute atomic E-state index is 7.98. The number of hydrogen-bond acceptors (Lipinski definition) is 2. The molecule has 0 rings (SSSR count). The van der Waals surface area contributed by atoms with Gasteiger partial charge in [0.1, 0.15) is 0 Å². The van der Waals surface area contributed by atoms with Gasteiger partial charge in [0, 0.05) is 6.21 Å². The van der Waals surface area contributed by atoms with Crippen molar-refractivity contribution in [2.75, 3.05) is 0 Å². The van der Waals surface area contributed by atoms with Crippen molar-refractivity contribution in [3.63, 3.8) is 0 Å². The predicted molar refractivity (Wildman–Crippen MR) is 34.4 cm³/mol. The van der Waals surface area contributed by atoms with Crippen molar-refractivity contribution in [2.45, 2.75) is 26.7 Å². The highest BCUT2D eigenvalue weighted by Crippen LogP contribution is 2.02. The van der Waals surface area contributed by atoms with E-state index in [1.54, 1.807) is 0 Å². The van der Waals surface area contributed by atoms with Crippen LogP contribution in [0.25, 0.3) is 0 Å². The third-order valence-corrected chi connectivity index (χ3v) is 1.29. The van der Waals surface area contributed by atoms with Crippen LogP contribution < -0.4 is 0 Å². The van der Waals surface area contributed by atoms with Crippen LogP contribution in [0, 0.1) is 5.92 Å². The molecule has 0 spiro atoms. The Labute approximate surface area is 50.2 Å². The van der Waals surface area contributed by atoms with Crippen LogP contribution in [-0.2, 0) is 0 Å². The molecule has 2 heteroatoms. The molecule has 0 aromatic rings. The van der Waals surface area contributed by atoms with E-state index in [1.807, 2.05) is 0 Å². The smallest absolute Gasteiger partial charge is 0.0438 e. The van der Waals surface area contributed by atoms with Gasteiger partial charge in [0.2, 0.25) is 0 Å². The van der Waals surface area contributed by atoms with Crippen LogP contribution in [0.2, 0.25) is 0 Å². The van der Waals surface area contributed by atoms with E-state index in [-0.39, 0.29) is 0 Å². The first kappa shape index (κ1) is 7.47. The topological polar surface area (TPSA) is 32.6 Å². The monoisotopic (exact) mass is 115 g/mol. The quantitative estimate of drug-likeness (QED) is 0.340. The number of rotatable bonds is 3. The molecule has 2 nitrogen and oxygen atoms in total. The molecule has 0 saturated heterocycles. The van der Waals surface area contributed by atoms with Gasteiger partial charge in [0.15, 0.2) is 0 Å². The molecule has 0 saturated carbocycles. The molecule has 0 aliphatic carbocycles. The second kappa shape index (κ2) is 4.62. The molecule has 0 aromatic carbocycles. The standard InChI is InChI=1S/C6H13NO/c1-3-6(2)4-5-7-8/h5-6,8H,3-4H2,1-2H3/b7-5-. The first-order valence-corrected chi connectivity index (χ1v) is 2.97. The maximum Gasteiger partial charge on any atom is 0.0438 e. The summed E-state index contributed by atoms with van der Waals surface area (Å²) in [6, 6.07) is 0. The Balaban J connectivity index is 3.10. The Bertz CT molecular complexity index is 70.9. The van der Waals surface area contributed by atoms with Gasteiger partial charge in [-0.25, -0.2) is 0 Å². The third-order valence-electron chi connectivity index (χ3n) is 1.29. The Morgan fingerprint density at radius 1 is 1.75 bits per heavy atom. The normalized spacial score (nSPS) is 14.8. The highest BCUT2D eigenvalue weighted by Gasteiger charge is 1.92. The maximum atomic E-state index is 7.98. The Morgan fingerprint density at radius 3 is 2.75 bits per heavy atom. The van der Waals surface area contributed by atoms with E-state index in [1.165, 1.54) is 6.21 Å². The molecule has 0 aliphatic heterocycles. The summed E-state index contributed by atoms with van der Waals surface area (Å²) in [7, 11) is 0. The first-order valence-electron chi connectivity index (χ1n) is 2.97. The zero-order chi connectivity index (χ0) is 6.41. The summed E-state index contributed by atoms with van der Waals surface area (Å²) in [6.07, 6.45) is 3.56. The molecule has 0 aliphatic rings. The van der Waals surface area contributed by atoms with Crippen molar-refractivity contribution < 1.29 is 5.21 Å². The van der Waals surface area contributed by atoms with Crippen molar-refractivity contribution in [2.24, 2.45) is 11.1 Å². The molecule has 0 fully saturated rings. The number of nitrogens with zero attached hydrogens (tertiary/aromatic N) is 1. The molecule has 48 valence electrons. The average Bonchev–Trinajstić information content (AvgIpc) is 1.83.